The highest BCUT2D eigenvalue weighted by molar-refractivity contribution is 7.26. The van der Waals surface area contributed by atoms with Crippen LogP contribution >= 0.6 is 22.7 Å². The van der Waals surface area contributed by atoms with E-state index in [2.05, 4.69) is 176 Å². The molecule has 5 heteroatoms. The first-order valence-corrected chi connectivity index (χ1v) is 20.7. The van der Waals surface area contributed by atoms with E-state index in [9.17, 15) is 0 Å². The quantitative estimate of drug-likeness (QED) is 0.175. The largest absolute Gasteiger partial charge is 0.452 e. The zero-order valence-electron chi connectivity index (χ0n) is 30.4. The first kappa shape index (κ1) is 32.3. The summed E-state index contributed by atoms with van der Waals surface area (Å²) < 4.78 is 11.8. The minimum absolute atomic E-state index is 0.695. The van der Waals surface area contributed by atoms with Crippen LogP contribution in [0, 0.1) is 0 Å². The van der Waals surface area contributed by atoms with E-state index in [4.69, 9.17) is 14.4 Å². The Morgan fingerprint density at radius 3 is 1.49 bits per heavy atom. The first-order chi connectivity index (χ1) is 28.2. The van der Waals surface area contributed by atoms with Crippen molar-refractivity contribution >= 4 is 85.1 Å². The number of hydrogen-bond acceptors (Lipinski definition) is 5. The molecule has 0 fully saturated rings. The van der Waals surface area contributed by atoms with E-state index < -0.39 is 0 Å². The molecule has 0 amide bonds. The highest BCUT2D eigenvalue weighted by Gasteiger charge is 2.18. The Morgan fingerprint density at radius 2 is 0.860 bits per heavy atom. The average Bonchev–Trinajstić information content (AvgIpc) is 3.98. The molecule has 0 saturated heterocycles. The Kier molecular flexibility index (Phi) is 7.27. The van der Waals surface area contributed by atoms with Crippen LogP contribution in [0.15, 0.2) is 187 Å². The predicted molar refractivity (Wildman–Crippen MR) is 242 cm³/mol. The van der Waals surface area contributed by atoms with Crippen LogP contribution in [0.4, 0.5) is 0 Å². The smallest absolute Gasteiger partial charge is 0.180 e. The summed E-state index contributed by atoms with van der Waals surface area (Å²) in [7, 11) is 0. The van der Waals surface area contributed by atoms with E-state index >= 15 is 0 Å². The van der Waals surface area contributed by atoms with Gasteiger partial charge in [0.1, 0.15) is 23.1 Å². The Morgan fingerprint density at radius 1 is 0.368 bits per heavy atom. The van der Waals surface area contributed by atoms with Crippen molar-refractivity contribution in [2.45, 2.75) is 0 Å². The molecule has 3 nitrogen and oxygen atoms in total. The summed E-state index contributed by atoms with van der Waals surface area (Å²) in [6.45, 7) is 0. The van der Waals surface area contributed by atoms with Gasteiger partial charge in [-0.3, -0.25) is 0 Å². The fourth-order valence-corrected chi connectivity index (χ4v) is 11.0. The fourth-order valence-electron chi connectivity index (χ4n) is 8.49. The molecule has 266 valence electrons. The summed E-state index contributed by atoms with van der Waals surface area (Å²) in [5, 5.41) is 6.19. The number of benzene rings is 8. The fraction of sp³-hybridized carbons (Fsp3) is 0. The molecular weight excluding hydrogens is 733 g/mol. The standard InChI is InChI=1S/C52H30N2OS2/c1-3-22-46-40(16-1)42-20-8-18-38(51(42)56-46)35-13-6-12-33(27-35)31-10-5-11-32(26-31)34-24-25-45-44(29-34)49-50(55-45)48(53-30-54-49)37-15-7-14-36(28-37)39-19-9-21-43-41-17-2-4-23-47(41)57-52(39)43/h1-30H. The minimum atomic E-state index is 0.695. The number of rotatable bonds is 5. The molecule has 0 aliphatic carbocycles. The molecule has 0 aliphatic heterocycles. The highest BCUT2D eigenvalue weighted by Crippen LogP contribution is 2.43. The van der Waals surface area contributed by atoms with Gasteiger partial charge < -0.3 is 4.42 Å². The number of fused-ring (bicyclic) bond motifs is 9. The summed E-state index contributed by atoms with van der Waals surface area (Å²) in [6.07, 6.45) is 1.66. The molecule has 0 unspecified atom stereocenters. The number of furan rings is 1. The monoisotopic (exact) mass is 762 g/mol. The second kappa shape index (κ2) is 12.8. The lowest BCUT2D eigenvalue weighted by Gasteiger charge is -2.09. The Bertz CT molecular complexity index is 3550. The van der Waals surface area contributed by atoms with E-state index in [0.29, 0.717) is 5.58 Å². The van der Waals surface area contributed by atoms with Crippen molar-refractivity contribution in [1.29, 1.82) is 0 Å². The molecule has 0 N–H and O–H groups in total. The normalized spacial score (nSPS) is 11.9. The van der Waals surface area contributed by atoms with Crippen LogP contribution in [0.1, 0.15) is 0 Å². The van der Waals surface area contributed by atoms with E-state index in [-0.39, 0.29) is 0 Å². The molecule has 0 bridgehead atoms. The third-order valence-corrected chi connectivity index (χ3v) is 13.6. The third kappa shape index (κ3) is 5.24. The topological polar surface area (TPSA) is 38.9 Å². The lowest BCUT2D eigenvalue weighted by molar-refractivity contribution is 0.667. The van der Waals surface area contributed by atoms with E-state index in [1.165, 1.54) is 68.2 Å². The summed E-state index contributed by atoms with van der Waals surface area (Å²) >= 11 is 3.72. The third-order valence-electron chi connectivity index (χ3n) is 11.2. The van der Waals surface area contributed by atoms with Gasteiger partial charge in [0.15, 0.2) is 5.58 Å². The molecular formula is C52H30N2OS2. The van der Waals surface area contributed by atoms with Crippen LogP contribution < -0.4 is 0 Å². The van der Waals surface area contributed by atoms with Gasteiger partial charge in [-0.15, -0.1) is 22.7 Å². The Labute approximate surface area is 335 Å². The van der Waals surface area contributed by atoms with Gasteiger partial charge in [-0.05, 0) is 87.0 Å². The van der Waals surface area contributed by atoms with Crippen LogP contribution in [0.3, 0.4) is 0 Å². The van der Waals surface area contributed by atoms with Crippen molar-refractivity contribution in [2.24, 2.45) is 0 Å². The number of aromatic nitrogens is 2. The van der Waals surface area contributed by atoms with Gasteiger partial charge in [0.05, 0.1) is 0 Å². The second-order valence-electron chi connectivity index (χ2n) is 14.5. The van der Waals surface area contributed by atoms with Crippen LogP contribution in [-0.4, -0.2) is 9.97 Å². The summed E-state index contributed by atoms with van der Waals surface area (Å²) in [5.74, 6) is 0. The predicted octanol–water partition coefficient (Wildman–Crippen LogP) is 15.4. The van der Waals surface area contributed by atoms with Crippen LogP contribution in [-0.2, 0) is 0 Å². The van der Waals surface area contributed by atoms with Crippen LogP contribution in [0.5, 0.6) is 0 Å². The van der Waals surface area contributed by atoms with Crippen molar-refractivity contribution in [3.05, 3.63) is 182 Å². The van der Waals surface area contributed by atoms with Crippen molar-refractivity contribution in [3.63, 3.8) is 0 Å². The van der Waals surface area contributed by atoms with Gasteiger partial charge in [0, 0.05) is 51.3 Å². The molecule has 12 aromatic rings. The molecule has 57 heavy (non-hydrogen) atoms. The molecule has 0 spiro atoms. The summed E-state index contributed by atoms with van der Waals surface area (Å²) in [6, 6.07) is 63.4. The SMILES string of the molecule is c1cc(-c2cccc(-c3cccc4c3sc3ccccc34)c2)cc(-c2ccc3oc4c(-c5cccc(-c6cccc7c6sc6ccccc67)c5)ncnc4c3c2)c1. The number of hydrogen-bond donors (Lipinski definition) is 0. The Hall–Kier alpha value is -6.92. The van der Waals surface area contributed by atoms with Crippen molar-refractivity contribution in [3.8, 4) is 55.8 Å². The van der Waals surface area contributed by atoms with Crippen LogP contribution in [0.2, 0.25) is 0 Å². The maximum Gasteiger partial charge on any atom is 0.180 e. The molecule has 4 heterocycles. The molecule has 4 aromatic heterocycles. The molecule has 0 aliphatic rings. The van der Waals surface area contributed by atoms with Gasteiger partial charge in [-0.25, -0.2) is 9.97 Å². The van der Waals surface area contributed by atoms with Gasteiger partial charge >= 0.3 is 0 Å². The number of nitrogens with zero attached hydrogens (tertiary/aromatic N) is 2. The van der Waals surface area contributed by atoms with Crippen LogP contribution in [0.25, 0.3) is 118 Å². The number of thiophene rings is 2. The van der Waals surface area contributed by atoms with Gasteiger partial charge in [-0.1, -0.05) is 133 Å². The van der Waals surface area contributed by atoms with E-state index in [1.54, 1.807) is 6.33 Å². The lowest BCUT2D eigenvalue weighted by atomic mass is 9.95. The maximum absolute atomic E-state index is 6.56. The highest BCUT2D eigenvalue weighted by atomic mass is 32.1. The minimum Gasteiger partial charge on any atom is -0.452 e. The van der Waals surface area contributed by atoms with Crippen molar-refractivity contribution in [1.82, 2.24) is 9.97 Å². The summed E-state index contributed by atoms with van der Waals surface area (Å²) in [5.41, 5.74) is 13.5. The molecule has 0 saturated carbocycles. The zero-order chi connectivity index (χ0) is 37.5. The zero-order valence-corrected chi connectivity index (χ0v) is 32.1. The van der Waals surface area contributed by atoms with Crippen molar-refractivity contribution in [2.75, 3.05) is 0 Å². The molecule has 0 radical (unpaired) electrons. The first-order valence-electron chi connectivity index (χ1n) is 19.0. The average molecular weight is 763 g/mol. The molecule has 12 rings (SSSR count). The van der Waals surface area contributed by atoms with Gasteiger partial charge in [0.25, 0.3) is 0 Å². The molecule has 0 atom stereocenters. The lowest BCUT2D eigenvalue weighted by Crippen LogP contribution is -1.88. The van der Waals surface area contributed by atoms with Gasteiger partial charge in [0.2, 0.25) is 0 Å². The van der Waals surface area contributed by atoms with E-state index in [0.717, 1.165) is 44.4 Å². The second-order valence-corrected chi connectivity index (χ2v) is 16.6. The Balaban J connectivity index is 0.909. The maximum atomic E-state index is 6.56. The summed E-state index contributed by atoms with van der Waals surface area (Å²) in [4.78, 5) is 9.56. The molecule has 8 aromatic carbocycles. The van der Waals surface area contributed by atoms with Gasteiger partial charge in [-0.2, -0.15) is 0 Å². The van der Waals surface area contributed by atoms with E-state index in [1.807, 2.05) is 22.7 Å². The van der Waals surface area contributed by atoms with Crippen molar-refractivity contribution < 1.29 is 4.42 Å².